The van der Waals surface area contributed by atoms with Gasteiger partial charge in [0.1, 0.15) is 5.76 Å². The van der Waals surface area contributed by atoms with Crippen molar-refractivity contribution in [1.82, 2.24) is 0 Å². The zero-order valence-electron chi connectivity index (χ0n) is 12.1. The number of methoxy groups -OCH3 is 1. The van der Waals surface area contributed by atoms with Crippen LogP contribution in [0.15, 0.2) is 41.0 Å². The molecule has 2 rings (SSSR count). The number of ether oxygens (including phenoxy) is 2. The topological polar surface area (TPSA) is 81.4 Å². The summed E-state index contributed by atoms with van der Waals surface area (Å²) in [6, 6.07) is 10.5. The van der Waals surface area contributed by atoms with Crippen LogP contribution in [0.25, 0.3) is 0 Å². The van der Waals surface area contributed by atoms with Crippen molar-refractivity contribution in [2.75, 3.05) is 7.11 Å². The van der Waals surface area contributed by atoms with Gasteiger partial charge in [0, 0.05) is 12.1 Å². The summed E-state index contributed by atoms with van der Waals surface area (Å²) in [6.07, 6.45) is 1.92. The summed E-state index contributed by atoms with van der Waals surface area (Å²) >= 11 is 0. The molecule has 0 bridgehead atoms. The van der Waals surface area contributed by atoms with Crippen LogP contribution < -0.4 is 15.2 Å². The molecule has 0 saturated carbocycles. The fourth-order valence-electron chi connectivity index (χ4n) is 1.99. The minimum atomic E-state index is -0.410. The van der Waals surface area contributed by atoms with E-state index in [1.165, 1.54) is 7.11 Å². The Morgan fingerprint density at radius 3 is 2.71 bits per heavy atom. The lowest BCUT2D eigenvalue weighted by Gasteiger charge is -2.23. The molecule has 0 aliphatic carbocycles. The van der Waals surface area contributed by atoms with Crippen LogP contribution in [-0.2, 0) is 0 Å². The van der Waals surface area contributed by atoms with Crippen LogP contribution in [0.1, 0.15) is 30.8 Å². The first-order valence-corrected chi connectivity index (χ1v) is 6.73. The van der Waals surface area contributed by atoms with Crippen LogP contribution in [0.3, 0.4) is 0 Å². The Kier molecular flexibility index (Phi) is 4.85. The van der Waals surface area contributed by atoms with Crippen molar-refractivity contribution in [1.29, 1.82) is 5.26 Å². The Morgan fingerprint density at radius 2 is 2.14 bits per heavy atom. The fourth-order valence-corrected chi connectivity index (χ4v) is 1.99. The molecule has 0 fully saturated rings. The maximum Gasteiger partial charge on any atom is 0.171 e. The maximum absolute atomic E-state index is 8.93. The third-order valence-electron chi connectivity index (χ3n) is 3.23. The van der Waals surface area contributed by atoms with Gasteiger partial charge in [-0.15, -0.1) is 0 Å². The lowest BCUT2D eigenvalue weighted by molar-refractivity contribution is 0.139. The number of nitriles is 1. The van der Waals surface area contributed by atoms with Gasteiger partial charge in [-0.1, -0.05) is 6.92 Å². The SMILES string of the molecule is CCC(N)C(Oc1ccc(C#N)cc1OC)c1ccco1. The molecule has 2 aromatic rings. The van der Waals surface area contributed by atoms with Crippen molar-refractivity contribution in [3.8, 4) is 17.6 Å². The maximum atomic E-state index is 8.93. The van der Waals surface area contributed by atoms with E-state index in [-0.39, 0.29) is 6.04 Å². The standard InChI is InChI=1S/C16H18N2O3/c1-3-12(18)16(14-5-4-8-20-14)21-13-7-6-11(10-17)9-15(13)19-2/h4-9,12,16H,3,18H2,1-2H3. The van der Waals surface area contributed by atoms with E-state index in [2.05, 4.69) is 6.07 Å². The highest BCUT2D eigenvalue weighted by molar-refractivity contribution is 5.47. The molecule has 1 aromatic carbocycles. The van der Waals surface area contributed by atoms with Gasteiger partial charge in [0.25, 0.3) is 0 Å². The van der Waals surface area contributed by atoms with Crippen molar-refractivity contribution in [3.05, 3.63) is 47.9 Å². The number of furan rings is 1. The van der Waals surface area contributed by atoms with E-state index in [0.717, 1.165) is 6.42 Å². The van der Waals surface area contributed by atoms with Gasteiger partial charge in [0.2, 0.25) is 0 Å². The largest absolute Gasteiger partial charge is 0.493 e. The van der Waals surface area contributed by atoms with Gasteiger partial charge in [0.05, 0.1) is 25.0 Å². The first-order valence-electron chi connectivity index (χ1n) is 6.73. The Bertz CT molecular complexity index is 617. The average molecular weight is 286 g/mol. The Labute approximate surface area is 123 Å². The number of hydrogen-bond donors (Lipinski definition) is 1. The molecule has 0 radical (unpaired) electrons. The molecule has 1 aromatic heterocycles. The summed E-state index contributed by atoms with van der Waals surface area (Å²) in [7, 11) is 1.53. The molecule has 0 amide bonds. The Morgan fingerprint density at radius 1 is 1.33 bits per heavy atom. The van der Waals surface area contributed by atoms with E-state index in [0.29, 0.717) is 22.8 Å². The van der Waals surface area contributed by atoms with Crippen molar-refractivity contribution in [3.63, 3.8) is 0 Å². The van der Waals surface area contributed by atoms with Crippen molar-refractivity contribution < 1.29 is 13.9 Å². The molecular formula is C16H18N2O3. The zero-order chi connectivity index (χ0) is 15.2. The smallest absolute Gasteiger partial charge is 0.171 e. The molecule has 5 nitrogen and oxygen atoms in total. The van der Waals surface area contributed by atoms with Crippen molar-refractivity contribution >= 4 is 0 Å². The summed E-state index contributed by atoms with van der Waals surface area (Å²) in [5.41, 5.74) is 6.63. The molecule has 5 heteroatoms. The summed E-state index contributed by atoms with van der Waals surface area (Å²) in [4.78, 5) is 0. The molecule has 0 spiro atoms. The van der Waals surface area contributed by atoms with Gasteiger partial charge >= 0.3 is 0 Å². The highest BCUT2D eigenvalue weighted by Gasteiger charge is 2.24. The minimum absolute atomic E-state index is 0.212. The number of benzene rings is 1. The van der Waals surface area contributed by atoms with Crippen LogP contribution in [0.5, 0.6) is 11.5 Å². The van der Waals surface area contributed by atoms with Crippen LogP contribution >= 0.6 is 0 Å². The fraction of sp³-hybridized carbons (Fsp3) is 0.312. The first kappa shape index (κ1) is 14.9. The van der Waals surface area contributed by atoms with Gasteiger partial charge in [-0.25, -0.2) is 0 Å². The molecule has 0 aliphatic heterocycles. The number of hydrogen-bond acceptors (Lipinski definition) is 5. The van der Waals surface area contributed by atoms with Crippen LogP contribution in [0, 0.1) is 11.3 Å². The minimum Gasteiger partial charge on any atom is -0.493 e. The second kappa shape index (κ2) is 6.82. The molecule has 0 saturated heterocycles. The predicted octanol–water partition coefficient (Wildman–Crippen LogP) is 3.02. The second-order valence-corrected chi connectivity index (χ2v) is 4.60. The number of nitrogens with two attached hydrogens (primary N) is 1. The monoisotopic (exact) mass is 286 g/mol. The van der Waals surface area contributed by atoms with Gasteiger partial charge in [-0.3, -0.25) is 0 Å². The van der Waals surface area contributed by atoms with Crippen LogP contribution in [0.4, 0.5) is 0 Å². The van der Waals surface area contributed by atoms with E-state index in [1.807, 2.05) is 13.0 Å². The zero-order valence-corrected chi connectivity index (χ0v) is 12.1. The van der Waals surface area contributed by atoms with Gasteiger partial charge < -0.3 is 19.6 Å². The third kappa shape index (κ3) is 3.36. The first-order chi connectivity index (χ1) is 10.2. The third-order valence-corrected chi connectivity index (χ3v) is 3.23. The molecule has 2 N–H and O–H groups in total. The second-order valence-electron chi connectivity index (χ2n) is 4.60. The summed E-state index contributed by atoms with van der Waals surface area (Å²) in [5, 5.41) is 8.93. The highest BCUT2D eigenvalue weighted by Crippen LogP contribution is 2.33. The van der Waals surface area contributed by atoms with Crippen molar-refractivity contribution in [2.24, 2.45) is 5.73 Å². The lowest BCUT2D eigenvalue weighted by atomic mass is 10.1. The van der Waals surface area contributed by atoms with Gasteiger partial charge in [-0.2, -0.15) is 5.26 Å². The van der Waals surface area contributed by atoms with Crippen LogP contribution in [-0.4, -0.2) is 13.2 Å². The van der Waals surface area contributed by atoms with Crippen LogP contribution in [0.2, 0.25) is 0 Å². The summed E-state index contributed by atoms with van der Waals surface area (Å²) in [6.45, 7) is 1.99. The average Bonchev–Trinajstić information content (AvgIpc) is 3.05. The quantitative estimate of drug-likeness (QED) is 0.882. The van der Waals surface area contributed by atoms with E-state index < -0.39 is 6.10 Å². The normalized spacial score (nSPS) is 13.2. The molecule has 2 atom stereocenters. The number of rotatable bonds is 6. The lowest BCUT2D eigenvalue weighted by Crippen LogP contribution is -2.31. The molecule has 110 valence electrons. The van der Waals surface area contributed by atoms with E-state index in [4.69, 9.17) is 24.9 Å². The molecular weight excluding hydrogens is 268 g/mol. The number of nitrogens with zero attached hydrogens (tertiary/aromatic N) is 1. The highest BCUT2D eigenvalue weighted by atomic mass is 16.5. The van der Waals surface area contributed by atoms with E-state index in [1.54, 1.807) is 30.5 Å². The van der Waals surface area contributed by atoms with Gasteiger partial charge in [-0.05, 0) is 30.7 Å². The molecule has 21 heavy (non-hydrogen) atoms. The Balaban J connectivity index is 2.31. The van der Waals surface area contributed by atoms with E-state index >= 15 is 0 Å². The molecule has 2 unspecified atom stereocenters. The molecule has 0 aliphatic rings. The predicted molar refractivity (Wildman–Crippen MR) is 78.1 cm³/mol. The summed E-state index contributed by atoms with van der Waals surface area (Å²) < 4.78 is 16.7. The summed E-state index contributed by atoms with van der Waals surface area (Å²) in [5.74, 6) is 1.69. The van der Waals surface area contributed by atoms with Gasteiger partial charge in [0.15, 0.2) is 17.6 Å². The van der Waals surface area contributed by atoms with Crippen molar-refractivity contribution in [2.45, 2.75) is 25.5 Å². The molecule has 1 heterocycles. The van der Waals surface area contributed by atoms with E-state index in [9.17, 15) is 0 Å². The Hall–Kier alpha value is -2.45.